The third kappa shape index (κ3) is 3.95. The molecule has 0 amide bonds. The second-order valence-electron chi connectivity index (χ2n) is 4.18. The van der Waals surface area contributed by atoms with Crippen molar-refractivity contribution in [3.05, 3.63) is 11.6 Å². The first kappa shape index (κ1) is 10.8. The van der Waals surface area contributed by atoms with Gasteiger partial charge in [0.05, 0.1) is 12.2 Å². The Morgan fingerprint density at radius 2 is 2.23 bits per heavy atom. The summed E-state index contributed by atoms with van der Waals surface area (Å²) in [6.07, 6.45) is 9.41. The summed E-state index contributed by atoms with van der Waals surface area (Å²) in [6.45, 7) is 6.59. The van der Waals surface area contributed by atoms with Crippen LogP contribution in [-0.4, -0.2) is 12.2 Å². The van der Waals surface area contributed by atoms with Gasteiger partial charge in [0.15, 0.2) is 0 Å². The van der Waals surface area contributed by atoms with Gasteiger partial charge >= 0.3 is 0 Å². The van der Waals surface area contributed by atoms with Crippen molar-refractivity contribution in [2.75, 3.05) is 0 Å². The normalized spacial score (nSPS) is 28.7. The van der Waals surface area contributed by atoms with Gasteiger partial charge in [-0.3, -0.25) is 0 Å². The highest BCUT2D eigenvalue weighted by Gasteiger charge is 2.17. The minimum Gasteiger partial charge on any atom is -0.371 e. The first-order valence-electron chi connectivity index (χ1n) is 5.55. The summed E-state index contributed by atoms with van der Waals surface area (Å²) in [5.41, 5.74) is 1.50. The Morgan fingerprint density at radius 3 is 2.85 bits per heavy atom. The first-order chi connectivity index (χ1) is 6.22. The van der Waals surface area contributed by atoms with Crippen LogP contribution < -0.4 is 0 Å². The van der Waals surface area contributed by atoms with Crippen molar-refractivity contribution in [1.82, 2.24) is 0 Å². The summed E-state index contributed by atoms with van der Waals surface area (Å²) in [6, 6.07) is 0. The molecule has 0 aromatic carbocycles. The van der Waals surface area contributed by atoms with Crippen LogP contribution >= 0.6 is 0 Å². The van der Waals surface area contributed by atoms with E-state index in [0.717, 1.165) is 6.42 Å². The van der Waals surface area contributed by atoms with E-state index < -0.39 is 0 Å². The molecule has 2 atom stereocenters. The van der Waals surface area contributed by atoms with E-state index in [1.165, 1.54) is 31.3 Å². The Kier molecular flexibility index (Phi) is 4.51. The Bertz CT molecular complexity index is 172. The van der Waals surface area contributed by atoms with Gasteiger partial charge in [0, 0.05) is 0 Å². The van der Waals surface area contributed by atoms with Crippen molar-refractivity contribution in [2.24, 2.45) is 0 Å². The predicted molar refractivity (Wildman–Crippen MR) is 56.9 cm³/mol. The van der Waals surface area contributed by atoms with E-state index in [0.29, 0.717) is 12.2 Å². The molecular weight excluding hydrogens is 160 g/mol. The fourth-order valence-electron chi connectivity index (χ4n) is 2.01. The molecule has 2 unspecified atom stereocenters. The quantitative estimate of drug-likeness (QED) is 0.476. The zero-order chi connectivity index (χ0) is 9.68. The van der Waals surface area contributed by atoms with Crippen LogP contribution in [0, 0.1) is 0 Å². The summed E-state index contributed by atoms with van der Waals surface area (Å²) >= 11 is 0. The molecule has 0 N–H and O–H groups in total. The molecule has 0 aromatic heterocycles. The minimum absolute atomic E-state index is 0.334. The zero-order valence-electron chi connectivity index (χ0n) is 9.18. The third-order valence-corrected chi connectivity index (χ3v) is 2.61. The molecule has 0 saturated heterocycles. The van der Waals surface area contributed by atoms with Crippen LogP contribution in [0.5, 0.6) is 0 Å². The third-order valence-electron chi connectivity index (χ3n) is 2.61. The second-order valence-corrected chi connectivity index (χ2v) is 4.18. The van der Waals surface area contributed by atoms with Crippen molar-refractivity contribution in [3.63, 3.8) is 0 Å². The van der Waals surface area contributed by atoms with Crippen LogP contribution in [-0.2, 0) is 4.74 Å². The number of unbranched alkanes of at least 4 members (excludes halogenated alkanes) is 2. The van der Waals surface area contributed by atoms with Gasteiger partial charge < -0.3 is 4.74 Å². The van der Waals surface area contributed by atoms with Gasteiger partial charge in [-0.2, -0.15) is 0 Å². The standard InChI is InChI=1S/C12H22O/c1-4-5-6-7-12-9-10(2)8-11(3)13-12/h8,11-12H,4-7,9H2,1-3H3. The van der Waals surface area contributed by atoms with Gasteiger partial charge in [-0.25, -0.2) is 0 Å². The maximum absolute atomic E-state index is 5.83. The fourth-order valence-corrected chi connectivity index (χ4v) is 2.01. The van der Waals surface area contributed by atoms with Gasteiger partial charge in [0.25, 0.3) is 0 Å². The lowest BCUT2D eigenvalue weighted by Gasteiger charge is -2.26. The van der Waals surface area contributed by atoms with Crippen molar-refractivity contribution in [1.29, 1.82) is 0 Å². The summed E-state index contributed by atoms with van der Waals surface area (Å²) in [4.78, 5) is 0. The summed E-state index contributed by atoms with van der Waals surface area (Å²) in [5.74, 6) is 0. The molecular formula is C12H22O. The van der Waals surface area contributed by atoms with E-state index in [9.17, 15) is 0 Å². The molecule has 1 rings (SSSR count). The van der Waals surface area contributed by atoms with Gasteiger partial charge in [0.1, 0.15) is 0 Å². The molecule has 1 heterocycles. The monoisotopic (exact) mass is 182 g/mol. The van der Waals surface area contributed by atoms with Crippen LogP contribution in [0.1, 0.15) is 52.9 Å². The van der Waals surface area contributed by atoms with Crippen LogP contribution in [0.3, 0.4) is 0 Å². The molecule has 0 spiro atoms. The van der Waals surface area contributed by atoms with E-state index in [-0.39, 0.29) is 0 Å². The molecule has 0 aliphatic carbocycles. The van der Waals surface area contributed by atoms with Crippen molar-refractivity contribution >= 4 is 0 Å². The molecule has 1 aliphatic heterocycles. The Morgan fingerprint density at radius 1 is 1.46 bits per heavy atom. The highest BCUT2D eigenvalue weighted by molar-refractivity contribution is 5.06. The summed E-state index contributed by atoms with van der Waals surface area (Å²) in [7, 11) is 0. The highest BCUT2D eigenvalue weighted by Crippen LogP contribution is 2.22. The average Bonchev–Trinajstić information content (AvgIpc) is 2.03. The predicted octanol–water partition coefficient (Wildman–Crippen LogP) is 3.69. The SMILES string of the molecule is CCCCCC1CC(C)=CC(C)O1. The molecule has 13 heavy (non-hydrogen) atoms. The fraction of sp³-hybridized carbons (Fsp3) is 0.833. The summed E-state index contributed by atoms with van der Waals surface area (Å²) in [5, 5.41) is 0. The maximum atomic E-state index is 5.83. The molecule has 0 fully saturated rings. The van der Waals surface area contributed by atoms with E-state index >= 15 is 0 Å². The number of ether oxygens (including phenoxy) is 1. The van der Waals surface area contributed by atoms with Crippen molar-refractivity contribution in [2.45, 2.75) is 65.1 Å². The first-order valence-corrected chi connectivity index (χ1v) is 5.55. The van der Waals surface area contributed by atoms with Crippen LogP contribution in [0.2, 0.25) is 0 Å². The lowest BCUT2D eigenvalue weighted by molar-refractivity contribution is 0.00660. The van der Waals surface area contributed by atoms with E-state index in [4.69, 9.17) is 4.74 Å². The molecule has 0 saturated carbocycles. The number of hydrogen-bond donors (Lipinski definition) is 0. The topological polar surface area (TPSA) is 9.23 Å². The van der Waals surface area contributed by atoms with E-state index in [1.54, 1.807) is 0 Å². The van der Waals surface area contributed by atoms with Crippen molar-refractivity contribution < 1.29 is 4.74 Å². The zero-order valence-corrected chi connectivity index (χ0v) is 9.18. The lowest BCUT2D eigenvalue weighted by Crippen LogP contribution is -2.23. The molecule has 76 valence electrons. The van der Waals surface area contributed by atoms with Crippen molar-refractivity contribution in [3.8, 4) is 0 Å². The smallest absolute Gasteiger partial charge is 0.0734 e. The van der Waals surface area contributed by atoms with Crippen LogP contribution in [0.15, 0.2) is 11.6 Å². The van der Waals surface area contributed by atoms with Gasteiger partial charge in [-0.1, -0.05) is 37.8 Å². The molecule has 1 heteroatoms. The van der Waals surface area contributed by atoms with E-state index in [2.05, 4.69) is 26.8 Å². The molecule has 1 nitrogen and oxygen atoms in total. The largest absolute Gasteiger partial charge is 0.371 e. The van der Waals surface area contributed by atoms with Gasteiger partial charge in [0.2, 0.25) is 0 Å². The lowest BCUT2D eigenvalue weighted by atomic mass is 10.00. The number of rotatable bonds is 4. The van der Waals surface area contributed by atoms with Crippen LogP contribution in [0.4, 0.5) is 0 Å². The van der Waals surface area contributed by atoms with E-state index in [1.807, 2.05) is 0 Å². The molecule has 1 aliphatic rings. The second kappa shape index (κ2) is 5.43. The maximum Gasteiger partial charge on any atom is 0.0734 e. The minimum atomic E-state index is 0.334. The number of hydrogen-bond acceptors (Lipinski definition) is 1. The van der Waals surface area contributed by atoms with Gasteiger partial charge in [-0.15, -0.1) is 0 Å². The average molecular weight is 182 g/mol. The molecule has 0 aromatic rings. The Balaban J connectivity index is 2.24. The Hall–Kier alpha value is -0.300. The Labute approximate surface area is 82.2 Å². The summed E-state index contributed by atoms with van der Waals surface area (Å²) < 4.78 is 5.83. The highest BCUT2D eigenvalue weighted by atomic mass is 16.5. The van der Waals surface area contributed by atoms with Gasteiger partial charge in [-0.05, 0) is 26.7 Å². The molecule has 0 radical (unpaired) electrons. The van der Waals surface area contributed by atoms with Crippen LogP contribution in [0.25, 0.3) is 0 Å². The molecule has 0 bridgehead atoms.